The molecular weight excluding hydrogens is 263 g/mol. The van der Waals surface area contributed by atoms with Crippen LogP contribution in [0, 0.1) is 34.4 Å². The lowest BCUT2D eigenvalue weighted by atomic mass is 10.1. The third-order valence-electron chi connectivity index (χ3n) is 3.73. The monoisotopic (exact) mass is 276 g/mol. The highest BCUT2D eigenvalue weighted by Gasteiger charge is 2.65. The Morgan fingerprint density at radius 2 is 2.05 bits per heavy atom. The minimum atomic E-state index is -1.01. The Morgan fingerprint density at radius 1 is 1.40 bits per heavy atom. The lowest BCUT2D eigenvalue weighted by Crippen LogP contribution is -2.17. The van der Waals surface area contributed by atoms with E-state index in [1.807, 2.05) is 0 Å². The number of carboxylic acid groups (broad SMARTS) is 1. The SMILES string of the molecule is CC1(C)[C@H](C(=O)O)[C@@H]1C(=O)Nc1ccc(F)c(C#N)c1. The van der Waals surface area contributed by atoms with Crippen LogP contribution in [0.2, 0.25) is 0 Å². The summed E-state index contributed by atoms with van der Waals surface area (Å²) < 4.78 is 13.2. The van der Waals surface area contributed by atoms with E-state index in [-0.39, 0.29) is 11.3 Å². The van der Waals surface area contributed by atoms with Crippen LogP contribution in [0.1, 0.15) is 19.4 Å². The summed E-state index contributed by atoms with van der Waals surface area (Å²) in [6.07, 6.45) is 0. The van der Waals surface area contributed by atoms with Crippen LogP contribution in [0.15, 0.2) is 18.2 Å². The molecule has 0 radical (unpaired) electrons. The lowest BCUT2D eigenvalue weighted by Gasteiger charge is -2.06. The Morgan fingerprint density at radius 3 is 2.55 bits per heavy atom. The maximum atomic E-state index is 13.2. The third-order valence-corrected chi connectivity index (χ3v) is 3.73. The molecule has 0 spiro atoms. The van der Waals surface area contributed by atoms with Crippen LogP contribution in [0.4, 0.5) is 10.1 Å². The first kappa shape index (κ1) is 14.0. The number of hydrogen-bond acceptors (Lipinski definition) is 3. The molecular formula is C14H13FN2O3. The van der Waals surface area contributed by atoms with Gasteiger partial charge in [0.05, 0.1) is 17.4 Å². The molecule has 1 saturated carbocycles. The summed E-state index contributed by atoms with van der Waals surface area (Å²) in [5.74, 6) is -3.46. The summed E-state index contributed by atoms with van der Waals surface area (Å²) >= 11 is 0. The fourth-order valence-electron chi connectivity index (χ4n) is 2.50. The lowest BCUT2D eigenvalue weighted by molar-refractivity contribution is -0.140. The second kappa shape index (κ2) is 4.60. The molecule has 1 amide bonds. The van der Waals surface area contributed by atoms with Gasteiger partial charge in [-0.3, -0.25) is 9.59 Å². The molecule has 104 valence electrons. The van der Waals surface area contributed by atoms with Gasteiger partial charge >= 0.3 is 5.97 Å². The molecule has 0 unspecified atom stereocenters. The number of carbonyl (C=O) groups excluding carboxylic acids is 1. The van der Waals surface area contributed by atoms with Crippen molar-refractivity contribution in [2.45, 2.75) is 13.8 Å². The van der Waals surface area contributed by atoms with Gasteiger partial charge < -0.3 is 10.4 Å². The third kappa shape index (κ3) is 2.23. The first-order valence-electron chi connectivity index (χ1n) is 6.02. The number of nitrogens with zero attached hydrogens (tertiary/aromatic N) is 1. The van der Waals surface area contributed by atoms with Crippen LogP contribution in [0.3, 0.4) is 0 Å². The van der Waals surface area contributed by atoms with Gasteiger partial charge in [0.1, 0.15) is 11.9 Å². The fourth-order valence-corrected chi connectivity index (χ4v) is 2.50. The van der Waals surface area contributed by atoms with Gasteiger partial charge in [0.15, 0.2) is 0 Å². The predicted octanol–water partition coefficient (Wildman–Crippen LogP) is 1.99. The quantitative estimate of drug-likeness (QED) is 0.883. The van der Waals surface area contributed by atoms with Crippen LogP contribution in [0.25, 0.3) is 0 Å². The number of carbonyl (C=O) groups is 2. The molecule has 6 heteroatoms. The van der Waals surface area contributed by atoms with Gasteiger partial charge in [-0.1, -0.05) is 13.8 Å². The Kier molecular flexibility index (Phi) is 3.22. The van der Waals surface area contributed by atoms with Crippen molar-refractivity contribution in [3.63, 3.8) is 0 Å². The van der Waals surface area contributed by atoms with Crippen molar-refractivity contribution in [1.82, 2.24) is 0 Å². The number of benzene rings is 1. The molecule has 5 nitrogen and oxygen atoms in total. The fraction of sp³-hybridized carbons (Fsp3) is 0.357. The Bertz CT molecular complexity index is 634. The first-order valence-corrected chi connectivity index (χ1v) is 6.02. The maximum Gasteiger partial charge on any atom is 0.307 e. The van der Waals surface area contributed by atoms with Crippen molar-refractivity contribution in [3.8, 4) is 6.07 Å². The van der Waals surface area contributed by atoms with E-state index >= 15 is 0 Å². The van der Waals surface area contributed by atoms with Crippen molar-refractivity contribution < 1.29 is 19.1 Å². The van der Waals surface area contributed by atoms with E-state index in [1.165, 1.54) is 12.1 Å². The first-order chi connectivity index (χ1) is 9.28. The van der Waals surface area contributed by atoms with Crippen molar-refractivity contribution in [2.75, 3.05) is 5.32 Å². The summed E-state index contributed by atoms with van der Waals surface area (Å²) in [6.45, 7) is 3.42. The minimum absolute atomic E-state index is 0.173. The van der Waals surface area contributed by atoms with Crippen LogP contribution < -0.4 is 5.32 Å². The Balaban J connectivity index is 2.14. The number of hydrogen-bond donors (Lipinski definition) is 2. The van der Waals surface area contributed by atoms with Gasteiger partial charge in [0.2, 0.25) is 5.91 Å². The predicted molar refractivity (Wildman–Crippen MR) is 68.1 cm³/mol. The van der Waals surface area contributed by atoms with E-state index in [1.54, 1.807) is 19.9 Å². The largest absolute Gasteiger partial charge is 0.481 e. The van der Waals surface area contributed by atoms with Gasteiger partial charge in [-0.15, -0.1) is 0 Å². The summed E-state index contributed by atoms with van der Waals surface area (Å²) in [5.41, 5.74) is -0.499. The van der Waals surface area contributed by atoms with Gasteiger partial charge in [-0.25, -0.2) is 4.39 Å². The van der Waals surface area contributed by atoms with Crippen molar-refractivity contribution in [3.05, 3.63) is 29.6 Å². The molecule has 0 heterocycles. The maximum absolute atomic E-state index is 13.2. The normalized spacial score (nSPS) is 22.7. The van der Waals surface area contributed by atoms with Crippen molar-refractivity contribution in [1.29, 1.82) is 5.26 Å². The highest BCUT2D eigenvalue weighted by atomic mass is 19.1. The van der Waals surface area contributed by atoms with E-state index in [9.17, 15) is 14.0 Å². The molecule has 2 N–H and O–H groups in total. The zero-order valence-electron chi connectivity index (χ0n) is 11.0. The average molecular weight is 276 g/mol. The van der Waals surface area contributed by atoms with E-state index < -0.39 is 34.9 Å². The van der Waals surface area contributed by atoms with E-state index in [4.69, 9.17) is 10.4 Å². The van der Waals surface area contributed by atoms with Gasteiger partial charge in [-0.05, 0) is 23.6 Å². The molecule has 0 aromatic heterocycles. The molecule has 1 aliphatic rings. The van der Waals surface area contributed by atoms with Gasteiger partial charge in [-0.2, -0.15) is 5.26 Å². The number of rotatable bonds is 3. The standard InChI is InChI=1S/C14H13FN2O3/c1-14(2)10(11(14)13(19)20)12(18)17-8-3-4-9(15)7(5-8)6-16/h3-5,10-11H,1-2H3,(H,17,18)(H,19,20)/t10-,11+/m1/s1. The van der Waals surface area contributed by atoms with Crippen LogP contribution >= 0.6 is 0 Å². The van der Waals surface area contributed by atoms with Crippen LogP contribution in [0.5, 0.6) is 0 Å². The molecule has 1 fully saturated rings. The Hall–Kier alpha value is -2.42. The zero-order chi connectivity index (χ0) is 15.1. The second-order valence-corrected chi connectivity index (χ2v) is 5.41. The zero-order valence-corrected chi connectivity index (χ0v) is 11.0. The minimum Gasteiger partial charge on any atom is -0.481 e. The van der Waals surface area contributed by atoms with E-state index in [0.29, 0.717) is 0 Å². The van der Waals surface area contributed by atoms with Crippen LogP contribution in [-0.4, -0.2) is 17.0 Å². The number of amides is 1. The number of nitrogens with one attached hydrogen (secondary N) is 1. The molecule has 1 aliphatic carbocycles. The highest BCUT2D eigenvalue weighted by Crippen LogP contribution is 2.58. The Labute approximate surface area is 115 Å². The smallest absolute Gasteiger partial charge is 0.307 e. The van der Waals surface area contributed by atoms with Gasteiger partial charge in [0.25, 0.3) is 0 Å². The molecule has 0 aliphatic heterocycles. The molecule has 2 rings (SSSR count). The number of anilines is 1. The molecule has 0 bridgehead atoms. The van der Waals surface area contributed by atoms with Crippen molar-refractivity contribution in [2.24, 2.45) is 17.3 Å². The summed E-state index contributed by atoms with van der Waals surface area (Å²) in [5, 5.41) is 20.3. The topological polar surface area (TPSA) is 90.2 Å². The molecule has 2 atom stereocenters. The summed E-state index contributed by atoms with van der Waals surface area (Å²) in [4.78, 5) is 23.1. The molecule has 1 aromatic carbocycles. The molecule has 20 heavy (non-hydrogen) atoms. The number of halogens is 1. The van der Waals surface area contributed by atoms with Gasteiger partial charge in [0, 0.05) is 5.69 Å². The average Bonchev–Trinajstić information content (AvgIpc) is 2.95. The van der Waals surface area contributed by atoms with Crippen LogP contribution in [-0.2, 0) is 9.59 Å². The molecule has 1 aromatic rings. The second-order valence-electron chi connectivity index (χ2n) is 5.41. The summed E-state index contributed by atoms with van der Waals surface area (Å²) in [6, 6.07) is 5.31. The van der Waals surface area contributed by atoms with E-state index in [2.05, 4.69) is 5.32 Å². The number of aliphatic carboxylic acids is 1. The summed E-state index contributed by atoms with van der Waals surface area (Å²) in [7, 11) is 0. The van der Waals surface area contributed by atoms with Crippen molar-refractivity contribution >= 4 is 17.6 Å². The number of carboxylic acids is 1. The molecule has 0 saturated heterocycles. The van der Waals surface area contributed by atoms with E-state index in [0.717, 1.165) is 6.07 Å². The highest BCUT2D eigenvalue weighted by molar-refractivity contribution is 5.99. The number of nitriles is 1.